The number of benzene rings is 1. The number of methoxy groups -OCH3 is 1. The van der Waals surface area contributed by atoms with Crippen LogP contribution in [0.5, 0.6) is 0 Å². The molecule has 1 aromatic carbocycles. The van der Waals surface area contributed by atoms with Gasteiger partial charge in [0.25, 0.3) is 0 Å². The van der Waals surface area contributed by atoms with Crippen LogP contribution in [0.25, 0.3) is 5.69 Å². The number of esters is 1. The highest BCUT2D eigenvalue weighted by Gasteiger charge is 2.16. The highest BCUT2D eigenvalue weighted by molar-refractivity contribution is 8.00. The molecule has 0 unspecified atom stereocenters. The third-order valence-electron chi connectivity index (χ3n) is 3.64. The maximum atomic E-state index is 11.7. The second-order valence-corrected chi connectivity index (χ2v) is 8.69. The molecule has 0 aliphatic rings. The molecule has 3 rings (SSSR count). The van der Waals surface area contributed by atoms with Crippen molar-refractivity contribution in [3.8, 4) is 5.69 Å². The van der Waals surface area contributed by atoms with E-state index in [-0.39, 0.29) is 0 Å². The zero-order valence-electron chi connectivity index (χ0n) is 14.2. The van der Waals surface area contributed by atoms with Gasteiger partial charge in [0.1, 0.15) is 17.1 Å². The van der Waals surface area contributed by atoms with Gasteiger partial charge < -0.3 is 9.15 Å². The second kappa shape index (κ2) is 7.96. The molecule has 2 heterocycles. The molecule has 0 aliphatic heterocycles. The first-order valence-electron chi connectivity index (χ1n) is 7.56. The summed E-state index contributed by atoms with van der Waals surface area (Å²) in [6.07, 6.45) is 0. The van der Waals surface area contributed by atoms with Crippen molar-refractivity contribution in [3.63, 3.8) is 0 Å². The van der Waals surface area contributed by atoms with E-state index in [0.29, 0.717) is 31.8 Å². The molecule has 0 fully saturated rings. The number of halogens is 1. The molecule has 9 heteroatoms. The summed E-state index contributed by atoms with van der Waals surface area (Å²) in [5, 5.41) is 5.22. The Labute approximate surface area is 168 Å². The summed E-state index contributed by atoms with van der Waals surface area (Å²) >= 11 is 14.5. The van der Waals surface area contributed by atoms with Crippen LogP contribution in [0.2, 0.25) is 5.02 Å². The zero-order chi connectivity index (χ0) is 18.8. The van der Waals surface area contributed by atoms with Crippen molar-refractivity contribution in [2.45, 2.75) is 23.9 Å². The number of aryl methyl sites for hydroxylation is 2. The number of furan rings is 1. The third-order valence-corrected chi connectivity index (χ3v) is 6.44. The van der Waals surface area contributed by atoms with E-state index in [0.717, 1.165) is 15.6 Å². The molecule has 0 aliphatic carbocycles. The SMILES string of the molecule is COC(=O)c1cc(CSc2nn(-c3ccc(C)c(Cl)c3)c(=S)s2)oc1C. The minimum absolute atomic E-state index is 0.404. The van der Waals surface area contributed by atoms with Crippen LogP contribution < -0.4 is 0 Å². The minimum atomic E-state index is -0.404. The van der Waals surface area contributed by atoms with Crippen molar-refractivity contribution >= 4 is 52.9 Å². The van der Waals surface area contributed by atoms with E-state index < -0.39 is 5.97 Å². The molecular formula is C17H15ClN2O3S3. The molecule has 0 bridgehead atoms. The average Bonchev–Trinajstić information content (AvgIpc) is 3.17. The third kappa shape index (κ3) is 4.03. The van der Waals surface area contributed by atoms with Gasteiger partial charge in [0, 0.05) is 5.02 Å². The normalized spacial score (nSPS) is 10.9. The molecule has 26 heavy (non-hydrogen) atoms. The van der Waals surface area contributed by atoms with E-state index in [2.05, 4.69) is 5.10 Å². The molecule has 0 saturated carbocycles. The smallest absolute Gasteiger partial charge is 0.341 e. The Balaban J connectivity index is 1.77. The van der Waals surface area contributed by atoms with Crippen molar-refractivity contribution in [3.05, 3.63) is 55.9 Å². The molecule has 3 aromatic rings. The number of nitrogens with zero attached hydrogens (tertiary/aromatic N) is 2. The fourth-order valence-corrected chi connectivity index (χ4v) is 4.67. The lowest BCUT2D eigenvalue weighted by atomic mass is 10.2. The Bertz CT molecular complexity index is 1020. The zero-order valence-corrected chi connectivity index (χ0v) is 17.4. The Hall–Kier alpha value is -1.61. The first kappa shape index (κ1) is 19.2. The second-order valence-electron chi connectivity index (χ2n) is 5.44. The topological polar surface area (TPSA) is 57.3 Å². The summed E-state index contributed by atoms with van der Waals surface area (Å²) in [6, 6.07) is 7.42. The first-order chi connectivity index (χ1) is 12.4. The van der Waals surface area contributed by atoms with E-state index >= 15 is 0 Å². The van der Waals surface area contributed by atoms with Crippen LogP contribution >= 0.6 is 46.9 Å². The lowest BCUT2D eigenvalue weighted by molar-refractivity contribution is 0.0599. The number of rotatable bonds is 5. The Kier molecular flexibility index (Phi) is 5.86. The molecular weight excluding hydrogens is 412 g/mol. The van der Waals surface area contributed by atoms with Gasteiger partial charge in [0.2, 0.25) is 0 Å². The molecule has 0 amide bonds. The molecule has 0 radical (unpaired) electrons. The van der Waals surface area contributed by atoms with Crippen molar-refractivity contribution in [1.29, 1.82) is 0 Å². The maximum Gasteiger partial charge on any atom is 0.341 e. The van der Waals surface area contributed by atoms with Crippen LogP contribution in [0.3, 0.4) is 0 Å². The van der Waals surface area contributed by atoms with E-state index in [4.69, 9.17) is 33.0 Å². The Morgan fingerprint density at radius 3 is 2.88 bits per heavy atom. The van der Waals surface area contributed by atoms with E-state index in [1.165, 1.54) is 30.2 Å². The molecule has 0 atom stereocenters. The number of thioether (sulfide) groups is 1. The first-order valence-corrected chi connectivity index (χ1v) is 10.1. The Morgan fingerprint density at radius 1 is 1.42 bits per heavy atom. The molecule has 2 aromatic heterocycles. The van der Waals surface area contributed by atoms with Gasteiger partial charge in [-0.3, -0.25) is 0 Å². The van der Waals surface area contributed by atoms with Crippen LogP contribution in [-0.4, -0.2) is 22.9 Å². The van der Waals surface area contributed by atoms with Gasteiger partial charge in [0.15, 0.2) is 8.29 Å². The lowest BCUT2D eigenvalue weighted by Crippen LogP contribution is -2.00. The predicted molar refractivity (Wildman–Crippen MR) is 106 cm³/mol. The fourth-order valence-electron chi connectivity index (χ4n) is 2.26. The van der Waals surface area contributed by atoms with Crippen LogP contribution in [0, 0.1) is 17.8 Å². The molecule has 136 valence electrons. The van der Waals surface area contributed by atoms with Crippen LogP contribution in [0.1, 0.15) is 27.4 Å². The van der Waals surface area contributed by atoms with E-state index in [1.807, 2.05) is 25.1 Å². The molecule has 5 nitrogen and oxygen atoms in total. The summed E-state index contributed by atoms with van der Waals surface area (Å²) in [7, 11) is 1.35. The van der Waals surface area contributed by atoms with Crippen molar-refractivity contribution in [2.75, 3.05) is 7.11 Å². The summed E-state index contributed by atoms with van der Waals surface area (Å²) in [5.41, 5.74) is 2.27. The van der Waals surface area contributed by atoms with Gasteiger partial charge in [-0.1, -0.05) is 40.8 Å². The van der Waals surface area contributed by atoms with Gasteiger partial charge in [0.05, 0.1) is 18.6 Å². The van der Waals surface area contributed by atoms with Gasteiger partial charge in [-0.05, 0) is 49.8 Å². The summed E-state index contributed by atoms with van der Waals surface area (Å²) in [5.74, 6) is 1.35. The van der Waals surface area contributed by atoms with Gasteiger partial charge in [-0.15, -0.1) is 5.10 Å². The Morgan fingerprint density at radius 2 is 2.19 bits per heavy atom. The summed E-state index contributed by atoms with van der Waals surface area (Å²) in [6.45, 7) is 3.68. The highest BCUT2D eigenvalue weighted by atomic mass is 35.5. The van der Waals surface area contributed by atoms with Gasteiger partial charge in [-0.25, -0.2) is 9.48 Å². The lowest BCUT2D eigenvalue weighted by Gasteiger charge is -2.03. The van der Waals surface area contributed by atoms with Crippen molar-refractivity contribution < 1.29 is 13.9 Å². The minimum Gasteiger partial charge on any atom is -0.465 e. The van der Waals surface area contributed by atoms with Crippen LogP contribution in [0.4, 0.5) is 0 Å². The molecule has 0 saturated heterocycles. The largest absolute Gasteiger partial charge is 0.465 e. The standard InChI is InChI=1S/C17H15ClN2O3S3/c1-9-4-5-11(6-14(9)18)20-17(24)26-16(19-20)25-8-12-7-13(10(2)23-12)15(21)22-3/h4-7H,8H2,1-3H3. The fraction of sp³-hybridized carbons (Fsp3) is 0.235. The molecule has 0 N–H and O–H groups in total. The van der Waals surface area contributed by atoms with Crippen LogP contribution in [0.15, 0.2) is 33.0 Å². The van der Waals surface area contributed by atoms with Crippen molar-refractivity contribution in [2.24, 2.45) is 0 Å². The predicted octanol–water partition coefficient (Wildman–Crippen LogP) is 5.61. The van der Waals surface area contributed by atoms with E-state index in [1.54, 1.807) is 17.7 Å². The number of hydrogen-bond acceptors (Lipinski definition) is 7. The van der Waals surface area contributed by atoms with Crippen molar-refractivity contribution in [1.82, 2.24) is 9.78 Å². The van der Waals surface area contributed by atoms with Gasteiger partial charge in [-0.2, -0.15) is 0 Å². The summed E-state index contributed by atoms with van der Waals surface area (Å²) < 4.78 is 13.5. The highest BCUT2D eigenvalue weighted by Crippen LogP contribution is 2.29. The number of aromatic nitrogens is 2. The summed E-state index contributed by atoms with van der Waals surface area (Å²) in [4.78, 5) is 11.7. The van der Waals surface area contributed by atoms with Gasteiger partial charge >= 0.3 is 5.97 Å². The van der Waals surface area contributed by atoms with E-state index in [9.17, 15) is 4.79 Å². The average molecular weight is 427 g/mol. The quantitative estimate of drug-likeness (QED) is 0.300. The monoisotopic (exact) mass is 426 g/mol. The van der Waals surface area contributed by atoms with Crippen LogP contribution in [-0.2, 0) is 10.5 Å². The molecule has 0 spiro atoms. The number of carbonyl (C=O) groups excluding carboxylic acids is 1. The maximum absolute atomic E-state index is 11.7. The number of carbonyl (C=O) groups is 1. The number of ether oxygens (including phenoxy) is 1. The number of hydrogen-bond donors (Lipinski definition) is 0.